The van der Waals surface area contributed by atoms with Crippen LogP contribution in [0.15, 0.2) is 45.6 Å². The third kappa shape index (κ3) is 4.89. The third-order valence-corrected chi connectivity index (χ3v) is 4.77. The zero-order valence-electron chi connectivity index (χ0n) is 17.4. The van der Waals surface area contributed by atoms with Gasteiger partial charge in [-0.2, -0.15) is 0 Å². The molecule has 0 unspecified atom stereocenters. The highest BCUT2D eigenvalue weighted by molar-refractivity contribution is 5.94. The van der Waals surface area contributed by atoms with Gasteiger partial charge in [0.25, 0.3) is 5.69 Å². The standard InChI is InChI=1S/C22H22N2O7/c1-4-14-10-16-13(2)9-21(25)30-20(16)12-19(14)31-22(26)15-5-6-17(23-7-8-29-3)18(11-15)24(27)28/h5-6,9-12,23H,4,7-8H2,1-3H3. The molecule has 0 bridgehead atoms. The summed E-state index contributed by atoms with van der Waals surface area (Å²) in [4.78, 5) is 35.3. The molecule has 0 amide bonds. The van der Waals surface area contributed by atoms with E-state index in [1.54, 1.807) is 6.92 Å². The van der Waals surface area contributed by atoms with Gasteiger partial charge in [0.15, 0.2) is 0 Å². The lowest BCUT2D eigenvalue weighted by molar-refractivity contribution is -0.384. The summed E-state index contributed by atoms with van der Waals surface area (Å²) in [5.41, 5.74) is 1.34. The Bertz CT molecular complexity index is 1200. The highest BCUT2D eigenvalue weighted by Crippen LogP contribution is 2.30. The van der Waals surface area contributed by atoms with Crippen LogP contribution < -0.4 is 15.7 Å². The Labute approximate surface area is 177 Å². The van der Waals surface area contributed by atoms with Gasteiger partial charge in [-0.05, 0) is 42.7 Å². The van der Waals surface area contributed by atoms with Crippen molar-refractivity contribution in [3.8, 4) is 5.75 Å². The number of nitrogens with zero attached hydrogens (tertiary/aromatic N) is 1. The van der Waals surface area contributed by atoms with Gasteiger partial charge in [0.1, 0.15) is 17.0 Å². The molecule has 0 fully saturated rings. The summed E-state index contributed by atoms with van der Waals surface area (Å²) in [6.45, 7) is 4.45. The number of benzene rings is 2. The van der Waals surface area contributed by atoms with Crippen molar-refractivity contribution in [1.82, 2.24) is 0 Å². The SMILES string of the molecule is CCc1cc2c(C)cc(=O)oc2cc1OC(=O)c1ccc(NCCOC)c([N+](=O)[O-])c1. The van der Waals surface area contributed by atoms with Gasteiger partial charge in [0.05, 0.1) is 17.1 Å². The average molecular weight is 426 g/mol. The molecule has 9 heteroatoms. The zero-order chi connectivity index (χ0) is 22.5. The Kier molecular flexibility index (Phi) is 6.66. The fourth-order valence-corrected chi connectivity index (χ4v) is 3.17. The van der Waals surface area contributed by atoms with Crippen LogP contribution in [0.1, 0.15) is 28.4 Å². The Balaban J connectivity index is 1.93. The molecule has 0 spiro atoms. The number of nitro benzene ring substituents is 1. The molecule has 0 saturated heterocycles. The zero-order valence-corrected chi connectivity index (χ0v) is 17.4. The number of carbonyl (C=O) groups excluding carboxylic acids is 1. The van der Waals surface area contributed by atoms with Crippen molar-refractivity contribution in [2.75, 3.05) is 25.6 Å². The number of ether oxygens (including phenoxy) is 2. The molecule has 0 aliphatic carbocycles. The molecule has 1 aromatic heterocycles. The first-order chi connectivity index (χ1) is 14.8. The molecule has 1 N–H and O–H groups in total. The topological polar surface area (TPSA) is 121 Å². The third-order valence-electron chi connectivity index (χ3n) is 4.77. The molecular formula is C22H22N2O7. The molecule has 0 atom stereocenters. The van der Waals surface area contributed by atoms with Crippen molar-refractivity contribution in [2.45, 2.75) is 20.3 Å². The first-order valence-electron chi connectivity index (χ1n) is 9.64. The van der Waals surface area contributed by atoms with E-state index in [9.17, 15) is 19.7 Å². The van der Waals surface area contributed by atoms with Crippen molar-refractivity contribution in [3.63, 3.8) is 0 Å². The molecule has 0 radical (unpaired) electrons. The van der Waals surface area contributed by atoms with E-state index < -0.39 is 16.5 Å². The number of aryl methyl sites for hydroxylation is 2. The van der Waals surface area contributed by atoms with Gasteiger partial charge in [0, 0.05) is 37.2 Å². The smallest absolute Gasteiger partial charge is 0.343 e. The number of anilines is 1. The second-order valence-electron chi connectivity index (χ2n) is 6.86. The summed E-state index contributed by atoms with van der Waals surface area (Å²) in [6, 6.07) is 8.76. The van der Waals surface area contributed by atoms with Crippen LogP contribution in [-0.2, 0) is 11.2 Å². The predicted molar refractivity (Wildman–Crippen MR) is 115 cm³/mol. The maximum atomic E-state index is 12.7. The summed E-state index contributed by atoms with van der Waals surface area (Å²) in [5.74, 6) is -0.519. The minimum absolute atomic E-state index is 0.0248. The van der Waals surface area contributed by atoms with E-state index in [4.69, 9.17) is 13.9 Å². The molecule has 1 heterocycles. The highest BCUT2D eigenvalue weighted by Gasteiger charge is 2.20. The van der Waals surface area contributed by atoms with Gasteiger partial charge < -0.3 is 19.2 Å². The largest absolute Gasteiger partial charge is 0.423 e. The monoisotopic (exact) mass is 426 g/mol. The quantitative estimate of drug-likeness (QED) is 0.144. The number of hydrogen-bond donors (Lipinski definition) is 1. The van der Waals surface area contributed by atoms with Crippen LogP contribution in [0.2, 0.25) is 0 Å². The first kappa shape index (κ1) is 22.0. The van der Waals surface area contributed by atoms with E-state index in [1.165, 1.54) is 31.4 Å². The summed E-state index contributed by atoms with van der Waals surface area (Å²) in [7, 11) is 1.53. The van der Waals surface area contributed by atoms with Crippen LogP contribution >= 0.6 is 0 Å². The molecule has 3 rings (SSSR count). The van der Waals surface area contributed by atoms with Crippen LogP contribution in [0.5, 0.6) is 5.75 Å². The Morgan fingerprint density at radius 1 is 1.23 bits per heavy atom. The van der Waals surface area contributed by atoms with Crippen LogP contribution in [0.3, 0.4) is 0 Å². The second-order valence-corrected chi connectivity index (χ2v) is 6.86. The van der Waals surface area contributed by atoms with Crippen molar-refractivity contribution in [3.05, 3.63) is 73.6 Å². The van der Waals surface area contributed by atoms with Crippen molar-refractivity contribution in [2.24, 2.45) is 0 Å². The second kappa shape index (κ2) is 9.40. The lowest BCUT2D eigenvalue weighted by Crippen LogP contribution is -2.12. The summed E-state index contributed by atoms with van der Waals surface area (Å²) in [6.07, 6.45) is 0.569. The molecule has 2 aromatic carbocycles. The van der Waals surface area contributed by atoms with Crippen molar-refractivity contribution >= 4 is 28.3 Å². The average Bonchev–Trinajstić information content (AvgIpc) is 2.73. The molecule has 0 aliphatic heterocycles. The van der Waals surface area contributed by atoms with Crippen LogP contribution in [0.25, 0.3) is 11.0 Å². The molecule has 0 saturated carbocycles. The first-order valence-corrected chi connectivity index (χ1v) is 9.64. The van der Waals surface area contributed by atoms with Gasteiger partial charge >= 0.3 is 11.6 Å². The van der Waals surface area contributed by atoms with Gasteiger partial charge in [-0.15, -0.1) is 0 Å². The van der Waals surface area contributed by atoms with E-state index in [0.29, 0.717) is 25.2 Å². The fraction of sp³-hybridized carbons (Fsp3) is 0.273. The van der Waals surface area contributed by atoms with E-state index in [2.05, 4.69) is 5.32 Å². The van der Waals surface area contributed by atoms with E-state index in [1.807, 2.05) is 13.0 Å². The minimum atomic E-state index is -0.754. The van der Waals surface area contributed by atoms with E-state index in [-0.39, 0.29) is 22.7 Å². The van der Waals surface area contributed by atoms with E-state index >= 15 is 0 Å². The predicted octanol–water partition coefficient (Wildman–Crippen LogP) is 3.85. The lowest BCUT2D eigenvalue weighted by Gasteiger charge is -2.12. The molecule has 3 aromatic rings. The van der Waals surface area contributed by atoms with Gasteiger partial charge in [-0.3, -0.25) is 10.1 Å². The van der Waals surface area contributed by atoms with Gasteiger partial charge in [0.2, 0.25) is 0 Å². The Morgan fingerprint density at radius 3 is 2.68 bits per heavy atom. The van der Waals surface area contributed by atoms with Crippen molar-refractivity contribution in [1.29, 1.82) is 0 Å². The molecule has 9 nitrogen and oxygen atoms in total. The number of carbonyl (C=O) groups is 1. The number of nitro groups is 1. The number of fused-ring (bicyclic) bond motifs is 1. The highest BCUT2D eigenvalue weighted by atomic mass is 16.6. The fourth-order valence-electron chi connectivity index (χ4n) is 3.17. The van der Waals surface area contributed by atoms with Crippen LogP contribution in [-0.4, -0.2) is 31.2 Å². The molecule has 31 heavy (non-hydrogen) atoms. The summed E-state index contributed by atoms with van der Waals surface area (Å²) >= 11 is 0. The normalized spacial score (nSPS) is 10.8. The van der Waals surface area contributed by atoms with Gasteiger partial charge in [-0.25, -0.2) is 9.59 Å². The molecule has 0 aliphatic rings. The Hall–Kier alpha value is -3.72. The summed E-state index contributed by atoms with van der Waals surface area (Å²) in [5, 5.41) is 15.1. The Morgan fingerprint density at radius 2 is 2.00 bits per heavy atom. The van der Waals surface area contributed by atoms with E-state index in [0.717, 1.165) is 22.6 Å². The lowest BCUT2D eigenvalue weighted by atomic mass is 10.1. The van der Waals surface area contributed by atoms with Crippen LogP contribution in [0.4, 0.5) is 11.4 Å². The maximum absolute atomic E-state index is 12.7. The number of hydrogen-bond acceptors (Lipinski definition) is 8. The number of esters is 1. The molecule has 162 valence electrons. The summed E-state index contributed by atoms with van der Waals surface area (Å²) < 4.78 is 15.7. The number of nitrogens with one attached hydrogen (secondary N) is 1. The number of methoxy groups -OCH3 is 1. The number of rotatable bonds is 8. The van der Waals surface area contributed by atoms with Crippen molar-refractivity contribution < 1.29 is 23.6 Å². The maximum Gasteiger partial charge on any atom is 0.343 e. The minimum Gasteiger partial charge on any atom is -0.423 e. The van der Waals surface area contributed by atoms with Crippen LogP contribution in [0, 0.1) is 17.0 Å². The van der Waals surface area contributed by atoms with Gasteiger partial charge in [-0.1, -0.05) is 6.92 Å². The molecular weight excluding hydrogens is 404 g/mol.